The van der Waals surface area contributed by atoms with Gasteiger partial charge in [-0.2, -0.15) is 0 Å². The molecule has 0 saturated heterocycles. The van der Waals surface area contributed by atoms with Crippen molar-refractivity contribution in [3.63, 3.8) is 0 Å². The molecule has 3 heteroatoms. The quantitative estimate of drug-likeness (QED) is 0.622. The Morgan fingerprint density at radius 1 is 1.36 bits per heavy atom. The van der Waals surface area contributed by atoms with Gasteiger partial charge in [0, 0.05) is 5.69 Å². The van der Waals surface area contributed by atoms with Crippen LogP contribution in [-0.2, 0) is 6.42 Å². The van der Waals surface area contributed by atoms with E-state index in [1.54, 1.807) is 12.1 Å². The van der Waals surface area contributed by atoms with E-state index in [1.807, 2.05) is 0 Å². The molecule has 0 aromatic heterocycles. The van der Waals surface area contributed by atoms with Crippen LogP contribution in [0.4, 0.5) is 10.1 Å². The van der Waals surface area contributed by atoms with Crippen LogP contribution < -0.4 is 11.5 Å². The van der Waals surface area contributed by atoms with E-state index in [0.717, 1.165) is 0 Å². The zero-order valence-electron chi connectivity index (χ0n) is 6.18. The lowest BCUT2D eigenvalue weighted by Gasteiger charge is -2.00. The van der Waals surface area contributed by atoms with E-state index in [2.05, 4.69) is 0 Å². The summed E-state index contributed by atoms with van der Waals surface area (Å²) >= 11 is 0. The fourth-order valence-electron chi connectivity index (χ4n) is 0.922. The van der Waals surface area contributed by atoms with Crippen molar-refractivity contribution in [1.29, 1.82) is 0 Å². The minimum absolute atomic E-state index is 0.268. The molecule has 0 fully saturated rings. The molecular formula is C8H11FN2. The van der Waals surface area contributed by atoms with Crippen LogP contribution in [0.3, 0.4) is 0 Å². The number of benzene rings is 1. The van der Waals surface area contributed by atoms with E-state index in [1.165, 1.54) is 6.07 Å². The Bertz CT molecular complexity index is 248. The Morgan fingerprint density at radius 2 is 2.09 bits per heavy atom. The molecule has 1 aromatic carbocycles. The van der Waals surface area contributed by atoms with Gasteiger partial charge >= 0.3 is 0 Å². The Kier molecular flexibility index (Phi) is 2.44. The first-order chi connectivity index (χ1) is 5.24. The topological polar surface area (TPSA) is 52.0 Å². The second-order valence-electron chi connectivity index (χ2n) is 2.39. The van der Waals surface area contributed by atoms with Crippen LogP contribution in [0.2, 0.25) is 0 Å². The number of halogens is 1. The van der Waals surface area contributed by atoms with Gasteiger partial charge in [0.1, 0.15) is 5.82 Å². The van der Waals surface area contributed by atoms with Crippen LogP contribution in [0, 0.1) is 5.82 Å². The van der Waals surface area contributed by atoms with Crippen molar-refractivity contribution < 1.29 is 4.39 Å². The van der Waals surface area contributed by atoms with Gasteiger partial charge in [0.05, 0.1) is 0 Å². The van der Waals surface area contributed by atoms with E-state index in [-0.39, 0.29) is 5.82 Å². The van der Waals surface area contributed by atoms with Crippen LogP contribution in [0.1, 0.15) is 5.56 Å². The molecule has 0 aliphatic carbocycles. The van der Waals surface area contributed by atoms with Crippen LogP contribution in [0.15, 0.2) is 18.2 Å². The van der Waals surface area contributed by atoms with Crippen molar-refractivity contribution in [1.82, 2.24) is 0 Å². The lowest BCUT2D eigenvalue weighted by atomic mass is 10.1. The molecule has 0 saturated carbocycles. The summed E-state index contributed by atoms with van der Waals surface area (Å²) in [5.74, 6) is -0.268. The maximum absolute atomic E-state index is 12.9. The SMILES string of the molecule is NCCc1ccc(N)cc1F. The van der Waals surface area contributed by atoms with Crippen molar-refractivity contribution in [2.45, 2.75) is 6.42 Å². The Morgan fingerprint density at radius 3 is 2.64 bits per heavy atom. The molecule has 0 spiro atoms. The summed E-state index contributed by atoms with van der Waals surface area (Å²) < 4.78 is 12.9. The van der Waals surface area contributed by atoms with Crippen molar-refractivity contribution >= 4 is 5.69 Å². The van der Waals surface area contributed by atoms with Gasteiger partial charge in [-0.1, -0.05) is 6.07 Å². The molecule has 0 bridgehead atoms. The van der Waals surface area contributed by atoms with E-state index >= 15 is 0 Å². The van der Waals surface area contributed by atoms with Crippen LogP contribution in [0.5, 0.6) is 0 Å². The second-order valence-corrected chi connectivity index (χ2v) is 2.39. The molecule has 0 amide bonds. The van der Waals surface area contributed by atoms with E-state index < -0.39 is 0 Å². The molecule has 2 nitrogen and oxygen atoms in total. The first kappa shape index (κ1) is 8.01. The van der Waals surface area contributed by atoms with E-state index in [4.69, 9.17) is 11.5 Å². The molecule has 0 heterocycles. The average molecular weight is 154 g/mol. The second kappa shape index (κ2) is 3.34. The monoisotopic (exact) mass is 154 g/mol. The maximum atomic E-state index is 12.9. The highest BCUT2D eigenvalue weighted by atomic mass is 19.1. The highest BCUT2D eigenvalue weighted by Gasteiger charge is 1.99. The van der Waals surface area contributed by atoms with Crippen LogP contribution >= 0.6 is 0 Å². The molecule has 11 heavy (non-hydrogen) atoms. The fraction of sp³-hybridized carbons (Fsp3) is 0.250. The number of hydrogen-bond donors (Lipinski definition) is 2. The summed E-state index contributed by atoms with van der Waals surface area (Å²) in [6, 6.07) is 4.65. The van der Waals surface area contributed by atoms with E-state index in [9.17, 15) is 4.39 Å². The van der Waals surface area contributed by atoms with Gasteiger partial charge in [-0.05, 0) is 30.7 Å². The van der Waals surface area contributed by atoms with Gasteiger partial charge in [-0.25, -0.2) is 4.39 Å². The summed E-state index contributed by atoms with van der Waals surface area (Å²) in [6.45, 7) is 0.459. The molecular weight excluding hydrogens is 143 g/mol. The van der Waals surface area contributed by atoms with Gasteiger partial charge in [-0.15, -0.1) is 0 Å². The van der Waals surface area contributed by atoms with Crippen LogP contribution in [0.25, 0.3) is 0 Å². The standard InChI is InChI=1S/C8H11FN2/c9-8-5-7(11)2-1-6(8)3-4-10/h1-2,5H,3-4,10-11H2. The predicted octanol–water partition coefficient (Wildman–Crippen LogP) is 0.909. The third-order valence-corrected chi connectivity index (χ3v) is 1.49. The fourth-order valence-corrected chi connectivity index (χ4v) is 0.922. The smallest absolute Gasteiger partial charge is 0.128 e. The van der Waals surface area contributed by atoms with Crippen LogP contribution in [-0.4, -0.2) is 6.54 Å². The largest absolute Gasteiger partial charge is 0.399 e. The molecule has 0 unspecified atom stereocenters. The molecule has 0 aliphatic rings. The van der Waals surface area contributed by atoms with Crippen molar-refractivity contribution in [2.75, 3.05) is 12.3 Å². The van der Waals surface area contributed by atoms with Gasteiger partial charge < -0.3 is 11.5 Å². The Labute approximate surface area is 65.0 Å². The normalized spacial score (nSPS) is 10.0. The molecule has 1 aromatic rings. The van der Waals surface area contributed by atoms with Gasteiger partial charge in [0.2, 0.25) is 0 Å². The van der Waals surface area contributed by atoms with Gasteiger partial charge in [-0.3, -0.25) is 0 Å². The number of rotatable bonds is 2. The minimum Gasteiger partial charge on any atom is -0.399 e. The summed E-state index contributed by atoms with van der Waals surface area (Å²) in [5, 5.41) is 0. The summed E-state index contributed by atoms with van der Waals surface area (Å²) in [7, 11) is 0. The molecule has 1 rings (SSSR count). The third kappa shape index (κ3) is 1.91. The summed E-state index contributed by atoms with van der Waals surface area (Å²) in [5.41, 5.74) is 11.7. The molecule has 4 N–H and O–H groups in total. The maximum Gasteiger partial charge on any atom is 0.128 e. The average Bonchev–Trinajstić information content (AvgIpc) is 1.95. The summed E-state index contributed by atoms with van der Waals surface area (Å²) in [4.78, 5) is 0. The molecule has 0 radical (unpaired) electrons. The Hall–Kier alpha value is -1.09. The highest BCUT2D eigenvalue weighted by Crippen LogP contribution is 2.11. The molecule has 60 valence electrons. The third-order valence-electron chi connectivity index (χ3n) is 1.49. The van der Waals surface area contributed by atoms with E-state index in [0.29, 0.717) is 24.2 Å². The Balaban J connectivity index is 2.90. The number of nitrogens with two attached hydrogens (primary N) is 2. The van der Waals surface area contributed by atoms with Gasteiger partial charge in [0.25, 0.3) is 0 Å². The number of hydrogen-bond acceptors (Lipinski definition) is 2. The zero-order valence-corrected chi connectivity index (χ0v) is 6.18. The first-order valence-corrected chi connectivity index (χ1v) is 3.48. The molecule has 0 aliphatic heterocycles. The van der Waals surface area contributed by atoms with Crippen molar-refractivity contribution in [3.05, 3.63) is 29.6 Å². The highest BCUT2D eigenvalue weighted by molar-refractivity contribution is 5.40. The predicted molar refractivity (Wildman–Crippen MR) is 43.6 cm³/mol. The van der Waals surface area contributed by atoms with Gasteiger partial charge in [0.15, 0.2) is 0 Å². The first-order valence-electron chi connectivity index (χ1n) is 3.48. The lowest BCUT2D eigenvalue weighted by Crippen LogP contribution is -2.04. The minimum atomic E-state index is -0.268. The van der Waals surface area contributed by atoms with Crippen molar-refractivity contribution in [2.24, 2.45) is 5.73 Å². The van der Waals surface area contributed by atoms with Crippen molar-refractivity contribution in [3.8, 4) is 0 Å². The molecule has 0 atom stereocenters. The zero-order chi connectivity index (χ0) is 8.27. The lowest BCUT2D eigenvalue weighted by molar-refractivity contribution is 0.610. The number of nitrogen functional groups attached to an aromatic ring is 1. The summed E-state index contributed by atoms with van der Waals surface area (Å²) in [6.07, 6.45) is 0.562. The number of anilines is 1.